The van der Waals surface area contributed by atoms with Gasteiger partial charge < -0.3 is 4.74 Å². The summed E-state index contributed by atoms with van der Waals surface area (Å²) >= 11 is 14.1. The second kappa shape index (κ2) is 9.62. The summed E-state index contributed by atoms with van der Waals surface area (Å²) in [5, 5.41) is 5.50. The number of aromatic nitrogens is 2. The van der Waals surface area contributed by atoms with Crippen LogP contribution < -0.4 is 0 Å². The molecule has 0 radical (unpaired) electrons. The van der Waals surface area contributed by atoms with Gasteiger partial charge >= 0.3 is 5.97 Å². The summed E-state index contributed by atoms with van der Waals surface area (Å²) in [6.07, 6.45) is 0. The molecule has 0 fully saturated rings. The quantitative estimate of drug-likeness (QED) is 0.238. The van der Waals surface area contributed by atoms with Gasteiger partial charge in [0.2, 0.25) is 0 Å². The molecule has 2 aromatic carbocycles. The average Bonchev–Trinajstić information content (AvgIpc) is 3.37. The Balaban J connectivity index is 1.82. The highest BCUT2D eigenvalue weighted by Crippen LogP contribution is 2.36. The first-order valence-corrected chi connectivity index (χ1v) is 11.4. The van der Waals surface area contributed by atoms with Crippen molar-refractivity contribution in [2.75, 3.05) is 6.61 Å². The van der Waals surface area contributed by atoms with Crippen molar-refractivity contribution in [3.05, 3.63) is 92.4 Å². The summed E-state index contributed by atoms with van der Waals surface area (Å²) in [5.41, 5.74) is 3.28. The van der Waals surface area contributed by atoms with E-state index in [0.29, 0.717) is 21.3 Å². The second-order valence-electron chi connectivity index (χ2n) is 6.83. The number of hydrogen-bond acceptors (Lipinski definition) is 4. The molecule has 0 aliphatic carbocycles. The number of thiophene rings is 1. The molecule has 4 nitrogen and oxygen atoms in total. The van der Waals surface area contributed by atoms with Crippen LogP contribution in [0.5, 0.6) is 0 Å². The minimum Gasteiger partial charge on any atom is -0.461 e. The number of carbonyl (C=O) groups excluding carboxylic acids is 1. The van der Waals surface area contributed by atoms with Crippen LogP contribution in [-0.4, -0.2) is 22.4 Å². The lowest BCUT2D eigenvalue weighted by molar-refractivity contribution is 0.0518. The number of esters is 1. The molecule has 0 saturated heterocycles. The van der Waals surface area contributed by atoms with E-state index in [2.05, 4.69) is 16.9 Å². The third kappa shape index (κ3) is 4.58. The highest BCUT2D eigenvalue weighted by molar-refractivity contribution is 7.16. The maximum Gasteiger partial charge on any atom is 0.359 e. The maximum atomic E-state index is 12.5. The predicted octanol–water partition coefficient (Wildman–Crippen LogP) is 6.79. The smallest absolute Gasteiger partial charge is 0.359 e. The molecule has 0 aliphatic rings. The third-order valence-electron chi connectivity index (χ3n) is 4.67. The summed E-state index contributed by atoms with van der Waals surface area (Å²) in [4.78, 5) is 14.3. The summed E-state index contributed by atoms with van der Waals surface area (Å²) in [6, 6.07) is 18.9. The van der Waals surface area contributed by atoms with Crippen molar-refractivity contribution in [2.45, 2.75) is 13.8 Å². The van der Waals surface area contributed by atoms with Crippen LogP contribution in [0.1, 0.15) is 33.4 Å². The van der Waals surface area contributed by atoms with Crippen molar-refractivity contribution in [3.8, 4) is 28.1 Å². The first-order valence-electron chi connectivity index (χ1n) is 9.87. The van der Waals surface area contributed by atoms with Crippen molar-refractivity contribution in [3.63, 3.8) is 0 Å². The van der Waals surface area contributed by atoms with E-state index in [1.807, 2.05) is 49.4 Å². The van der Waals surface area contributed by atoms with Crippen LogP contribution in [0.4, 0.5) is 0 Å². The fourth-order valence-corrected chi connectivity index (χ4v) is 4.63. The largest absolute Gasteiger partial charge is 0.461 e. The van der Waals surface area contributed by atoms with Crippen LogP contribution in [-0.2, 0) is 4.74 Å². The molecule has 0 atom stereocenters. The molecule has 4 aromatic rings. The zero-order valence-corrected chi connectivity index (χ0v) is 19.7. The third-order valence-corrected chi connectivity index (χ3v) is 6.22. The van der Waals surface area contributed by atoms with Gasteiger partial charge in [0.1, 0.15) is 0 Å². The molecule has 0 spiro atoms. The number of halogens is 2. The van der Waals surface area contributed by atoms with E-state index in [1.165, 1.54) is 11.3 Å². The highest BCUT2D eigenvalue weighted by atomic mass is 35.5. The van der Waals surface area contributed by atoms with Gasteiger partial charge in [0, 0.05) is 16.1 Å². The lowest BCUT2D eigenvalue weighted by Gasteiger charge is -2.09. The van der Waals surface area contributed by atoms with E-state index in [1.54, 1.807) is 29.8 Å². The minimum absolute atomic E-state index is 0.248. The Morgan fingerprint density at radius 3 is 2.59 bits per heavy atom. The van der Waals surface area contributed by atoms with Crippen molar-refractivity contribution in [1.82, 2.24) is 9.78 Å². The second-order valence-corrected chi connectivity index (χ2v) is 8.76. The molecular weight excluding hydrogens is 463 g/mol. The van der Waals surface area contributed by atoms with Crippen LogP contribution in [0, 0.1) is 18.8 Å². The summed E-state index contributed by atoms with van der Waals surface area (Å²) in [7, 11) is 0. The van der Waals surface area contributed by atoms with E-state index < -0.39 is 5.97 Å². The molecule has 2 aromatic heterocycles. The van der Waals surface area contributed by atoms with Gasteiger partial charge in [-0.05, 0) is 56.3 Å². The molecular formula is C25H18Cl2N2O2S. The lowest BCUT2D eigenvalue weighted by Crippen LogP contribution is -2.07. The molecule has 32 heavy (non-hydrogen) atoms. The van der Waals surface area contributed by atoms with Crippen LogP contribution in [0.15, 0.2) is 60.7 Å². The minimum atomic E-state index is -0.476. The number of hydrogen-bond donors (Lipinski definition) is 0. The van der Waals surface area contributed by atoms with Crippen molar-refractivity contribution < 1.29 is 9.53 Å². The Morgan fingerprint density at radius 2 is 1.88 bits per heavy atom. The van der Waals surface area contributed by atoms with E-state index in [0.717, 1.165) is 21.0 Å². The Morgan fingerprint density at radius 1 is 1.09 bits per heavy atom. The molecule has 0 saturated carbocycles. The van der Waals surface area contributed by atoms with Crippen molar-refractivity contribution in [1.29, 1.82) is 0 Å². The van der Waals surface area contributed by atoms with E-state index >= 15 is 0 Å². The van der Waals surface area contributed by atoms with Gasteiger partial charge in [0.05, 0.1) is 32.8 Å². The zero-order chi connectivity index (χ0) is 22.7. The molecule has 2 heterocycles. The van der Waals surface area contributed by atoms with E-state index in [-0.39, 0.29) is 12.3 Å². The average molecular weight is 481 g/mol. The molecule has 0 amide bonds. The Bertz CT molecular complexity index is 1350. The Hall–Kier alpha value is -3.04. The standard InChI is InChI=1S/C25H18Cl2N2O2S/c1-3-31-25(30)23-16(2)24(29(28-23)21-13-10-18(26)15-20(21)27)22-14-12-19(32-22)11-9-17-7-5-4-6-8-17/h4-8,10,12-15H,3H2,1-2H3. The molecule has 4 rings (SSSR count). The first-order chi connectivity index (χ1) is 15.5. The highest BCUT2D eigenvalue weighted by Gasteiger charge is 2.24. The topological polar surface area (TPSA) is 44.1 Å². The van der Waals surface area contributed by atoms with Crippen molar-refractivity contribution in [2.24, 2.45) is 0 Å². The fourth-order valence-electron chi connectivity index (χ4n) is 3.19. The molecule has 0 bridgehead atoms. The lowest BCUT2D eigenvalue weighted by atomic mass is 10.1. The summed E-state index contributed by atoms with van der Waals surface area (Å²) in [5.74, 6) is 5.90. The number of benzene rings is 2. The van der Waals surface area contributed by atoms with Crippen LogP contribution in [0.25, 0.3) is 16.3 Å². The molecule has 0 aliphatic heterocycles. The number of nitrogens with zero attached hydrogens (tertiary/aromatic N) is 2. The Kier molecular flexibility index (Phi) is 6.66. The van der Waals surface area contributed by atoms with Crippen LogP contribution in [0.3, 0.4) is 0 Å². The molecule has 160 valence electrons. The van der Waals surface area contributed by atoms with Crippen LogP contribution in [0.2, 0.25) is 10.0 Å². The van der Waals surface area contributed by atoms with Gasteiger partial charge in [0.25, 0.3) is 0 Å². The van der Waals surface area contributed by atoms with Gasteiger partial charge in [-0.15, -0.1) is 11.3 Å². The van der Waals surface area contributed by atoms with Gasteiger partial charge in [-0.3, -0.25) is 0 Å². The van der Waals surface area contributed by atoms with Gasteiger partial charge in [-0.25, -0.2) is 9.48 Å². The van der Waals surface area contributed by atoms with Gasteiger partial charge in [0.15, 0.2) is 5.69 Å². The predicted molar refractivity (Wildman–Crippen MR) is 130 cm³/mol. The fraction of sp³-hybridized carbons (Fsp3) is 0.120. The SMILES string of the molecule is CCOC(=O)c1nn(-c2ccc(Cl)cc2Cl)c(-c2ccc(C#Cc3ccccc3)s2)c1C. The molecule has 7 heteroatoms. The van der Waals surface area contributed by atoms with Crippen molar-refractivity contribution >= 4 is 40.5 Å². The van der Waals surface area contributed by atoms with Crippen LogP contribution >= 0.6 is 34.5 Å². The Labute approximate surface area is 200 Å². The molecule has 0 unspecified atom stereocenters. The van der Waals surface area contributed by atoms with E-state index in [9.17, 15) is 4.79 Å². The maximum absolute atomic E-state index is 12.5. The molecule has 0 N–H and O–H groups in total. The first kappa shape index (κ1) is 22.2. The zero-order valence-electron chi connectivity index (χ0n) is 17.4. The van der Waals surface area contributed by atoms with Gasteiger partial charge in [-0.1, -0.05) is 53.2 Å². The normalized spacial score (nSPS) is 10.5. The summed E-state index contributed by atoms with van der Waals surface area (Å²) < 4.78 is 6.87. The summed E-state index contributed by atoms with van der Waals surface area (Å²) in [6.45, 7) is 3.88. The number of ether oxygens (including phenoxy) is 1. The monoisotopic (exact) mass is 480 g/mol. The van der Waals surface area contributed by atoms with E-state index in [4.69, 9.17) is 27.9 Å². The van der Waals surface area contributed by atoms with Gasteiger partial charge in [-0.2, -0.15) is 5.10 Å². The number of carbonyl (C=O) groups is 1. The number of rotatable bonds is 4.